The quantitative estimate of drug-likeness (QED) is 0.169. The molecular weight excluding hydrogens is 736 g/mol. The van der Waals surface area contributed by atoms with Gasteiger partial charge in [0, 0.05) is 70.3 Å². The molecule has 16 heteroatoms. The van der Waals surface area contributed by atoms with Gasteiger partial charge in [-0.1, -0.05) is 38.7 Å². The van der Waals surface area contributed by atoms with Crippen LogP contribution in [0.3, 0.4) is 0 Å². The summed E-state index contributed by atoms with van der Waals surface area (Å²) >= 11 is 0. The molecule has 6 rings (SSSR count). The van der Waals surface area contributed by atoms with Crippen molar-refractivity contribution < 1.29 is 76.6 Å². The number of fused-ring (bicyclic) bond motifs is 9. The number of hydrogen-bond donors (Lipinski definition) is 1. The molecule has 0 radical (unpaired) electrons. The van der Waals surface area contributed by atoms with E-state index >= 15 is 0 Å². The van der Waals surface area contributed by atoms with Gasteiger partial charge in [0.15, 0.2) is 12.2 Å². The number of methoxy groups -OCH3 is 1. The van der Waals surface area contributed by atoms with Crippen molar-refractivity contribution >= 4 is 41.8 Å². The Morgan fingerprint density at radius 3 is 1.96 bits per heavy atom. The standard InChI is InChI=1S/C40H50O16/c1-18-16-39(48)26-14-15-35(8)25-12-13-27(46)50-17-38(25,19(2)51-20(3)41)31(53-22(5)43)28(52-21(4)42)29(35)36(26,9)32(54-23(6)44)33(55-24(7)45)37(39,10)40(30(18)56-40)34(47)49-11/h12-15,19,25-26,28-33,48H,1,16-17H2,2-11H3/t19-,25-,26+,28-,29-,30+,31-,32+,33-,35-,36-,37+,38+,39+,40-/m0/s1. The normalized spacial score (nSPS) is 44.6. The van der Waals surface area contributed by atoms with E-state index in [-0.39, 0.29) is 6.42 Å². The number of epoxide rings is 1. The first kappa shape index (κ1) is 41.1. The van der Waals surface area contributed by atoms with Gasteiger partial charge in [-0.15, -0.1) is 0 Å². The molecule has 15 atom stereocenters. The summed E-state index contributed by atoms with van der Waals surface area (Å²) in [5.41, 5.74) is -10.2. The second-order valence-electron chi connectivity index (χ2n) is 16.7. The molecule has 0 aromatic heterocycles. The van der Waals surface area contributed by atoms with Gasteiger partial charge in [-0.25, -0.2) is 9.59 Å². The van der Waals surface area contributed by atoms with Gasteiger partial charge in [0.05, 0.1) is 23.5 Å². The van der Waals surface area contributed by atoms with Gasteiger partial charge >= 0.3 is 41.8 Å². The average Bonchev–Trinajstić information content (AvgIpc) is 3.87. The average molecular weight is 787 g/mol. The fraction of sp³-hybridized carbons (Fsp3) is 0.675. The van der Waals surface area contributed by atoms with E-state index < -0.39 is 136 Å². The number of esters is 7. The Labute approximate surface area is 324 Å². The molecule has 0 bridgehead atoms. The molecule has 0 aromatic rings. The largest absolute Gasteiger partial charge is 0.467 e. The van der Waals surface area contributed by atoms with Gasteiger partial charge in [-0.2, -0.15) is 0 Å². The summed E-state index contributed by atoms with van der Waals surface area (Å²) in [7, 11) is 1.15. The van der Waals surface area contributed by atoms with E-state index in [4.69, 9.17) is 37.9 Å². The van der Waals surface area contributed by atoms with E-state index in [2.05, 4.69) is 6.58 Å². The molecule has 4 aliphatic carbocycles. The van der Waals surface area contributed by atoms with Crippen molar-refractivity contribution in [1.29, 1.82) is 0 Å². The van der Waals surface area contributed by atoms with Crippen LogP contribution in [0.4, 0.5) is 0 Å². The van der Waals surface area contributed by atoms with Gasteiger partial charge in [-0.05, 0) is 24.8 Å². The van der Waals surface area contributed by atoms with Crippen molar-refractivity contribution in [3.63, 3.8) is 0 Å². The van der Waals surface area contributed by atoms with Gasteiger partial charge in [0.25, 0.3) is 0 Å². The minimum absolute atomic E-state index is 0.184. The summed E-state index contributed by atoms with van der Waals surface area (Å²) in [5, 5.41) is 13.6. The Bertz CT molecular complexity index is 1850. The lowest BCUT2D eigenvalue weighted by Crippen LogP contribution is -2.83. The number of allylic oxidation sites excluding steroid dienone is 2. The highest BCUT2D eigenvalue weighted by molar-refractivity contribution is 5.87. The zero-order valence-electron chi connectivity index (χ0n) is 33.2. The fourth-order valence-electron chi connectivity index (χ4n) is 12.0. The van der Waals surface area contributed by atoms with Gasteiger partial charge in [0.2, 0.25) is 5.60 Å². The Hall–Kier alpha value is -4.57. The van der Waals surface area contributed by atoms with Gasteiger partial charge in [0.1, 0.15) is 31.0 Å². The van der Waals surface area contributed by atoms with Crippen LogP contribution in [0.15, 0.2) is 36.5 Å². The first-order chi connectivity index (χ1) is 25.9. The third-order valence-corrected chi connectivity index (χ3v) is 13.8. The van der Waals surface area contributed by atoms with Crippen LogP contribution in [0.1, 0.15) is 68.7 Å². The number of rotatable bonds is 7. The zero-order chi connectivity index (χ0) is 41.7. The van der Waals surface area contributed by atoms with E-state index in [9.17, 15) is 38.7 Å². The summed E-state index contributed by atoms with van der Waals surface area (Å²) in [6.45, 7) is 16.0. The summed E-state index contributed by atoms with van der Waals surface area (Å²) < 4.78 is 47.7. The van der Waals surface area contributed by atoms with Crippen LogP contribution in [-0.2, 0) is 71.5 Å². The van der Waals surface area contributed by atoms with Crippen LogP contribution < -0.4 is 0 Å². The van der Waals surface area contributed by atoms with Crippen molar-refractivity contribution in [1.82, 2.24) is 0 Å². The van der Waals surface area contributed by atoms with Crippen LogP contribution in [0.2, 0.25) is 0 Å². The minimum Gasteiger partial charge on any atom is -0.467 e. The molecule has 6 aliphatic rings. The highest BCUT2D eigenvalue weighted by Gasteiger charge is 2.90. The number of aliphatic hydroxyl groups is 1. The smallest absolute Gasteiger partial charge is 0.342 e. The zero-order valence-corrected chi connectivity index (χ0v) is 33.2. The first-order valence-electron chi connectivity index (χ1n) is 18.5. The van der Waals surface area contributed by atoms with Crippen molar-refractivity contribution in [3.05, 3.63) is 36.5 Å². The van der Waals surface area contributed by atoms with Crippen LogP contribution in [0, 0.1) is 39.4 Å². The number of cyclic esters (lactones) is 1. The number of carbonyl (C=O) groups is 7. The van der Waals surface area contributed by atoms with Crippen LogP contribution in [0.25, 0.3) is 0 Å². The molecule has 0 aromatic carbocycles. The lowest BCUT2D eigenvalue weighted by molar-refractivity contribution is -0.334. The van der Waals surface area contributed by atoms with Crippen molar-refractivity contribution in [2.75, 3.05) is 13.7 Å². The third kappa shape index (κ3) is 5.26. The summed E-state index contributed by atoms with van der Waals surface area (Å²) in [6.07, 6.45) is -2.20. The third-order valence-electron chi connectivity index (χ3n) is 13.8. The fourth-order valence-corrected chi connectivity index (χ4v) is 12.0. The first-order valence-corrected chi connectivity index (χ1v) is 18.5. The van der Waals surface area contributed by atoms with Crippen LogP contribution in [0.5, 0.6) is 0 Å². The number of ether oxygens (including phenoxy) is 8. The molecule has 56 heavy (non-hydrogen) atoms. The molecule has 1 saturated heterocycles. The Balaban J connectivity index is 1.75. The molecule has 3 saturated carbocycles. The molecule has 0 amide bonds. The van der Waals surface area contributed by atoms with E-state index in [0.29, 0.717) is 5.57 Å². The molecule has 0 spiro atoms. The summed E-state index contributed by atoms with van der Waals surface area (Å²) in [6, 6.07) is 0. The van der Waals surface area contributed by atoms with E-state index in [0.717, 1.165) is 34.8 Å². The molecule has 2 heterocycles. The summed E-state index contributed by atoms with van der Waals surface area (Å²) in [5.74, 6) is -8.83. The maximum absolute atomic E-state index is 13.9. The highest BCUT2D eigenvalue weighted by Crippen LogP contribution is 2.77. The molecule has 306 valence electrons. The van der Waals surface area contributed by atoms with Crippen molar-refractivity contribution in [3.8, 4) is 0 Å². The second kappa shape index (κ2) is 13.3. The summed E-state index contributed by atoms with van der Waals surface area (Å²) in [4.78, 5) is 92.6. The molecule has 4 fully saturated rings. The second-order valence-corrected chi connectivity index (χ2v) is 16.7. The van der Waals surface area contributed by atoms with Crippen LogP contribution >= 0.6 is 0 Å². The molecular formula is C40H50O16. The molecule has 2 aliphatic heterocycles. The monoisotopic (exact) mass is 786 g/mol. The maximum atomic E-state index is 13.9. The Kier molecular flexibility index (Phi) is 9.72. The topological polar surface area (TPSA) is 217 Å². The predicted octanol–water partition coefficient (Wildman–Crippen LogP) is 2.23. The lowest BCUT2D eigenvalue weighted by Gasteiger charge is -2.73. The minimum atomic E-state index is -2.09. The highest BCUT2D eigenvalue weighted by atomic mass is 16.7. The van der Waals surface area contributed by atoms with Gasteiger partial charge < -0.3 is 43.0 Å². The lowest BCUT2D eigenvalue weighted by atomic mass is 9.33. The predicted molar refractivity (Wildman–Crippen MR) is 188 cm³/mol. The van der Waals surface area contributed by atoms with E-state index in [1.165, 1.54) is 19.9 Å². The number of carbonyl (C=O) groups excluding carboxylic acids is 7. The van der Waals surface area contributed by atoms with Crippen molar-refractivity contribution in [2.45, 2.75) is 117 Å². The van der Waals surface area contributed by atoms with E-state index in [1.54, 1.807) is 39.0 Å². The Morgan fingerprint density at radius 2 is 1.41 bits per heavy atom. The SMILES string of the molecule is C=C1C[C@@]2(O)[C@@H]3C=C[C@]4(C)[C@H]([C@H](OC(C)=O)[C@H](OC(C)=O)[C@@]5([C@H](C)OC(C)=O)COC(=O)C=C[C@@H]45)[C@@]3(C)[C@H](OC(C)=O)[C@H](OC(C)=O)[C@@]2(C)[C@]2(C(=O)OC)O[C@H]12. The van der Waals surface area contributed by atoms with Crippen LogP contribution in [-0.4, -0.2) is 108 Å². The molecule has 16 nitrogen and oxygen atoms in total. The molecule has 1 N–H and O–H groups in total. The van der Waals surface area contributed by atoms with E-state index in [1.807, 2.05) is 0 Å². The number of hydrogen-bond acceptors (Lipinski definition) is 16. The Morgan fingerprint density at radius 1 is 0.839 bits per heavy atom. The maximum Gasteiger partial charge on any atom is 0.342 e. The van der Waals surface area contributed by atoms with Gasteiger partial charge in [-0.3, -0.25) is 24.0 Å². The molecule has 0 unspecified atom stereocenters. The van der Waals surface area contributed by atoms with Crippen molar-refractivity contribution in [2.24, 2.45) is 39.4 Å².